The van der Waals surface area contributed by atoms with Crippen molar-refractivity contribution in [3.63, 3.8) is 0 Å². The maximum absolute atomic E-state index is 13.8. The molecule has 3 aromatic rings. The van der Waals surface area contributed by atoms with E-state index in [2.05, 4.69) is 18.3 Å². The Kier molecular flexibility index (Phi) is 9.20. The van der Waals surface area contributed by atoms with Gasteiger partial charge in [-0.3, -0.25) is 5.32 Å². The molecule has 1 atom stereocenters. The van der Waals surface area contributed by atoms with E-state index >= 15 is 0 Å². The van der Waals surface area contributed by atoms with Crippen LogP contribution < -0.4 is 15.8 Å². The summed E-state index contributed by atoms with van der Waals surface area (Å²) in [6.07, 6.45) is 2.94. The zero-order valence-corrected chi connectivity index (χ0v) is 20.5. The highest BCUT2D eigenvalue weighted by Crippen LogP contribution is 2.37. The number of carbonyl (C=O) groups excluding carboxylic acids is 1. The number of hydrogen-bond donors (Lipinski definition) is 2. The number of nitrogens with zero attached hydrogens (tertiary/aromatic N) is 1. The van der Waals surface area contributed by atoms with Gasteiger partial charge in [0, 0.05) is 18.7 Å². The molecular formula is C26H29F2N3O3S. The number of ether oxygens (including phenoxy) is 1. The molecule has 0 saturated heterocycles. The first-order valence-corrected chi connectivity index (χ1v) is 12.2. The smallest absolute Gasteiger partial charge is 0.338 e. The van der Waals surface area contributed by atoms with Crippen LogP contribution in [0.15, 0.2) is 65.8 Å². The number of rotatable bonds is 11. The van der Waals surface area contributed by atoms with Gasteiger partial charge in [-0.1, -0.05) is 44.5 Å². The molecule has 0 fully saturated rings. The molecule has 2 aromatic carbocycles. The van der Waals surface area contributed by atoms with E-state index in [9.17, 15) is 18.8 Å². The van der Waals surface area contributed by atoms with Crippen molar-refractivity contribution in [3.8, 4) is 11.1 Å². The number of nitrogens with one attached hydrogen (secondary N) is 1. The zero-order valence-electron chi connectivity index (χ0n) is 19.7. The molecule has 0 spiro atoms. The number of aryl methyl sites for hydroxylation is 1. The Hall–Kier alpha value is -3.01. The summed E-state index contributed by atoms with van der Waals surface area (Å²) in [7, 11) is 0. The first kappa shape index (κ1) is 26.6. The fourth-order valence-electron chi connectivity index (χ4n) is 3.64. The number of nitrogens with two attached hydrogens (primary N) is 1. The molecule has 1 aromatic heterocycles. The summed E-state index contributed by atoms with van der Waals surface area (Å²) in [6, 6.07) is 14.1. The van der Waals surface area contributed by atoms with Crippen LogP contribution in [0, 0.1) is 16.8 Å². The number of halogens is 2. The number of hydrogen-bond acceptors (Lipinski definition) is 6. The fourth-order valence-corrected chi connectivity index (χ4v) is 4.88. The molecule has 0 aliphatic rings. The van der Waals surface area contributed by atoms with Crippen LogP contribution in [0.3, 0.4) is 0 Å². The Bertz CT molecular complexity index is 1160. The number of pyridine rings is 1. The monoisotopic (exact) mass is 501 g/mol. The maximum Gasteiger partial charge on any atom is 0.338 e. The Labute approximate surface area is 208 Å². The van der Waals surface area contributed by atoms with E-state index in [1.165, 1.54) is 17.8 Å². The number of benzene rings is 2. The third-order valence-corrected chi connectivity index (χ3v) is 6.70. The van der Waals surface area contributed by atoms with E-state index in [0.29, 0.717) is 17.7 Å². The Balaban J connectivity index is 1.75. The molecule has 35 heavy (non-hydrogen) atoms. The van der Waals surface area contributed by atoms with Gasteiger partial charge in [0.05, 0.1) is 5.56 Å². The predicted molar refractivity (Wildman–Crippen MR) is 132 cm³/mol. The van der Waals surface area contributed by atoms with Crippen molar-refractivity contribution < 1.29 is 23.0 Å². The molecule has 3 rings (SSSR count). The van der Waals surface area contributed by atoms with Gasteiger partial charge >= 0.3 is 5.97 Å². The molecule has 0 amide bonds. The van der Waals surface area contributed by atoms with E-state index < -0.39 is 22.5 Å². The zero-order chi connectivity index (χ0) is 25.4. The summed E-state index contributed by atoms with van der Waals surface area (Å²) in [5.74, 6) is -2.25. The predicted octanol–water partition coefficient (Wildman–Crippen LogP) is 4.67. The third-order valence-electron chi connectivity index (χ3n) is 5.37. The van der Waals surface area contributed by atoms with Crippen molar-refractivity contribution in [1.82, 2.24) is 5.32 Å². The second kappa shape index (κ2) is 12.1. The Morgan fingerprint density at radius 2 is 1.83 bits per heavy atom. The summed E-state index contributed by atoms with van der Waals surface area (Å²) in [5.41, 5.74) is 9.15. The number of carbonyl (C=O) groups is 1. The van der Waals surface area contributed by atoms with Gasteiger partial charge in [-0.25, -0.2) is 13.6 Å². The SMILES string of the molecule is CCC[C@](N)(Sc1c(-c2cc(F)cc(F)c2)ccc[n+]1[O-])C(=O)OCNCc1cccc(CC)c1. The molecule has 0 bridgehead atoms. The average molecular weight is 502 g/mol. The van der Waals surface area contributed by atoms with Crippen molar-refractivity contribution in [1.29, 1.82) is 0 Å². The lowest BCUT2D eigenvalue weighted by Crippen LogP contribution is -2.48. The van der Waals surface area contributed by atoms with E-state index in [4.69, 9.17) is 10.5 Å². The highest BCUT2D eigenvalue weighted by molar-refractivity contribution is 8.01. The van der Waals surface area contributed by atoms with Crippen LogP contribution in [0.4, 0.5) is 8.78 Å². The van der Waals surface area contributed by atoms with Crippen molar-refractivity contribution >= 4 is 17.7 Å². The van der Waals surface area contributed by atoms with Crippen LogP contribution >= 0.6 is 11.8 Å². The summed E-state index contributed by atoms with van der Waals surface area (Å²) >= 11 is 0.824. The van der Waals surface area contributed by atoms with Gasteiger partial charge in [0.1, 0.15) is 18.4 Å². The Morgan fingerprint density at radius 3 is 2.51 bits per heavy atom. The molecule has 9 heteroatoms. The molecule has 6 nitrogen and oxygen atoms in total. The lowest BCUT2D eigenvalue weighted by Gasteiger charge is -2.26. The quantitative estimate of drug-likeness (QED) is 0.0991. The molecule has 186 valence electrons. The van der Waals surface area contributed by atoms with Crippen molar-refractivity contribution in [3.05, 3.63) is 88.8 Å². The number of aromatic nitrogens is 1. The van der Waals surface area contributed by atoms with Gasteiger partial charge < -0.3 is 15.7 Å². The van der Waals surface area contributed by atoms with Gasteiger partial charge in [-0.2, -0.15) is 4.73 Å². The molecular weight excluding hydrogens is 472 g/mol. The second-order valence-electron chi connectivity index (χ2n) is 8.13. The van der Waals surface area contributed by atoms with Gasteiger partial charge in [-0.05, 0) is 59.5 Å². The first-order valence-electron chi connectivity index (χ1n) is 11.4. The van der Waals surface area contributed by atoms with Crippen LogP contribution in [-0.2, 0) is 22.5 Å². The highest BCUT2D eigenvalue weighted by Gasteiger charge is 2.40. The summed E-state index contributed by atoms with van der Waals surface area (Å²) in [5, 5.41) is 15.8. The molecule has 0 unspecified atom stereocenters. The topological polar surface area (TPSA) is 91.3 Å². The van der Waals surface area contributed by atoms with Crippen LogP contribution in [0.5, 0.6) is 0 Å². The standard InChI is InChI=1S/C26H29F2N3O3S/c1-3-10-26(29,25(32)34-17-30-16-19-8-5-7-18(4-2)12-19)35-24-23(9-6-11-31(24)33)20-13-21(27)15-22(28)14-20/h5-9,11-15,30H,3-4,10,16-17,29H2,1-2H3/t26-/m0/s1. The van der Waals surface area contributed by atoms with Crippen LogP contribution in [-0.4, -0.2) is 17.6 Å². The Morgan fingerprint density at radius 1 is 1.11 bits per heavy atom. The van der Waals surface area contributed by atoms with Crippen LogP contribution in [0.25, 0.3) is 11.1 Å². The highest BCUT2D eigenvalue weighted by atomic mass is 32.2. The van der Waals surface area contributed by atoms with Crippen molar-refractivity contribution in [2.75, 3.05) is 6.73 Å². The molecule has 0 aliphatic carbocycles. The van der Waals surface area contributed by atoms with Gasteiger partial charge in [0.2, 0.25) is 0 Å². The minimum Gasteiger partial charge on any atom is -0.618 e. The number of thioether (sulfide) groups is 1. The third kappa shape index (κ3) is 7.00. The normalized spacial score (nSPS) is 12.8. The molecule has 0 radical (unpaired) electrons. The van der Waals surface area contributed by atoms with E-state index in [-0.39, 0.29) is 29.3 Å². The van der Waals surface area contributed by atoms with Gasteiger partial charge in [0.15, 0.2) is 11.1 Å². The summed E-state index contributed by atoms with van der Waals surface area (Å²) in [4.78, 5) is 11.4. The van der Waals surface area contributed by atoms with Crippen LogP contribution in [0.2, 0.25) is 0 Å². The van der Waals surface area contributed by atoms with Crippen LogP contribution in [0.1, 0.15) is 37.8 Å². The van der Waals surface area contributed by atoms with Gasteiger partial charge in [0.25, 0.3) is 5.03 Å². The van der Waals surface area contributed by atoms with E-state index in [1.54, 1.807) is 6.07 Å². The molecule has 1 heterocycles. The van der Waals surface area contributed by atoms with Gasteiger partial charge in [-0.15, -0.1) is 0 Å². The lowest BCUT2D eigenvalue weighted by atomic mass is 10.1. The summed E-state index contributed by atoms with van der Waals surface area (Å²) in [6.45, 7) is 4.38. The number of esters is 1. The van der Waals surface area contributed by atoms with Crippen molar-refractivity contribution in [2.24, 2.45) is 5.73 Å². The second-order valence-corrected chi connectivity index (χ2v) is 9.45. The first-order chi connectivity index (χ1) is 16.8. The minimum absolute atomic E-state index is 0.0507. The largest absolute Gasteiger partial charge is 0.618 e. The van der Waals surface area contributed by atoms with E-state index in [1.807, 2.05) is 25.1 Å². The van der Waals surface area contributed by atoms with E-state index in [0.717, 1.165) is 41.9 Å². The summed E-state index contributed by atoms with van der Waals surface area (Å²) < 4.78 is 33.6. The molecule has 0 saturated carbocycles. The average Bonchev–Trinajstić information content (AvgIpc) is 2.82. The fraction of sp³-hybridized carbons (Fsp3) is 0.308. The maximum atomic E-state index is 13.8. The minimum atomic E-state index is -1.58. The lowest BCUT2D eigenvalue weighted by molar-refractivity contribution is -0.644. The molecule has 0 aliphatic heterocycles. The van der Waals surface area contributed by atoms with Crippen molar-refractivity contribution in [2.45, 2.75) is 49.6 Å². The molecule has 3 N–H and O–H groups in total.